The zero-order chi connectivity index (χ0) is 24.3. The topological polar surface area (TPSA) is 70.1 Å². The molecule has 1 saturated heterocycles. The first-order valence-corrected chi connectivity index (χ1v) is 10.6. The maximum atomic E-state index is 13.9. The Hall–Kier alpha value is -2.19. The maximum absolute atomic E-state index is 13.9. The highest BCUT2D eigenvalue weighted by atomic mass is 19.2. The van der Waals surface area contributed by atoms with E-state index in [0.717, 1.165) is 0 Å². The average Bonchev–Trinajstić information content (AvgIpc) is 3.47. The van der Waals surface area contributed by atoms with Crippen LogP contribution in [0.3, 0.4) is 0 Å². The summed E-state index contributed by atoms with van der Waals surface area (Å²) in [5, 5.41) is 19.0. The van der Waals surface area contributed by atoms with Gasteiger partial charge in [0.1, 0.15) is 29.4 Å². The number of rotatable bonds is 14. The molecule has 0 radical (unpaired) electrons. The van der Waals surface area contributed by atoms with Crippen molar-refractivity contribution in [3.63, 3.8) is 0 Å². The van der Waals surface area contributed by atoms with Gasteiger partial charge in [0.25, 0.3) is 0 Å². The molecule has 1 aliphatic rings. The molecule has 0 aromatic carbocycles. The number of aliphatic hydroxyl groups excluding tert-OH is 1. The summed E-state index contributed by atoms with van der Waals surface area (Å²) < 4.78 is 59.1. The Kier molecular flexibility index (Phi) is 11.6. The van der Waals surface area contributed by atoms with E-state index in [9.17, 15) is 27.5 Å². The fourth-order valence-electron chi connectivity index (χ4n) is 2.74. The third-order valence-corrected chi connectivity index (χ3v) is 4.92. The first-order chi connectivity index (χ1) is 15.0. The zero-order valence-electron chi connectivity index (χ0n) is 18.7. The molecule has 0 saturated carbocycles. The lowest BCUT2D eigenvalue weighted by Crippen LogP contribution is -2.25. The summed E-state index contributed by atoms with van der Waals surface area (Å²) in [6.07, 6.45) is 6.71. The monoisotopic (exact) mass is 460 g/mol. The van der Waals surface area contributed by atoms with E-state index in [1.807, 2.05) is 0 Å². The van der Waals surface area contributed by atoms with Crippen LogP contribution in [-0.2, 0) is 9.53 Å². The van der Waals surface area contributed by atoms with Crippen molar-refractivity contribution in [3.05, 3.63) is 59.8 Å². The van der Waals surface area contributed by atoms with E-state index in [4.69, 9.17) is 9.84 Å². The van der Waals surface area contributed by atoms with Crippen molar-refractivity contribution in [2.24, 2.45) is 5.41 Å². The van der Waals surface area contributed by atoms with Crippen LogP contribution >= 0.6 is 0 Å². The molecule has 2 N–H and O–H groups in total. The first kappa shape index (κ1) is 27.8. The summed E-state index contributed by atoms with van der Waals surface area (Å²) in [7, 11) is 0. The van der Waals surface area contributed by atoms with Crippen LogP contribution in [0.25, 0.3) is 0 Å². The van der Waals surface area contributed by atoms with Crippen molar-refractivity contribution in [1.82, 2.24) is 0 Å². The quantitative estimate of drug-likeness (QED) is 0.175. The summed E-state index contributed by atoms with van der Waals surface area (Å²) in [4.78, 5) is 11.1. The lowest BCUT2D eigenvalue weighted by atomic mass is 9.87. The molecule has 1 heterocycles. The molecule has 1 rings (SSSR count). The number of carboxylic acids is 1. The Bertz CT molecular complexity index is 781. The van der Waals surface area contributed by atoms with Gasteiger partial charge in [0.2, 0.25) is 0 Å². The molecular formula is C24H32F4O4. The Morgan fingerprint density at radius 1 is 1.00 bits per heavy atom. The smallest absolute Gasteiger partial charge is 0.309 e. The highest BCUT2D eigenvalue weighted by Gasteiger charge is 2.43. The van der Waals surface area contributed by atoms with Crippen LogP contribution in [0.2, 0.25) is 0 Å². The average molecular weight is 461 g/mol. The van der Waals surface area contributed by atoms with Gasteiger partial charge in [0.15, 0.2) is 0 Å². The van der Waals surface area contributed by atoms with E-state index >= 15 is 0 Å². The lowest BCUT2D eigenvalue weighted by Gasteiger charge is -2.16. The number of ether oxygens (including phenoxy) is 1. The summed E-state index contributed by atoms with van der Waals surface area (Å²) in [5.74, 6) is -4.59. The van der Waals surface area contributed by atoms with E-state index in [1.54, 1.807) is 26.0 Å². The number of carboxylic acid groups (broad SMARTS) is 1. The van der Waals surface area contributed by atoms with Crippen molar-refractivity contribution in [3.8, 4) is 0 Å². The maximum Gasteiger partial charge on any atom is 0.309 e. The second-order valence-electron chi connectivity index (χ2n) is 8.25. The van der Waals surface area contributed by atoms with Gasteiger partial charge in [0, 0.05) is 19.3 Å². The Morgan fingerprint density at radius 3 is 2.09 bits per heavy atom. The molecule has 8 heteroatoms. The number of allylic oxidation sites excluding steroid dienone is 7. The van der Waals surface area contributed by atoms with Gasteiger partial charge in [-0.25, -0.2) is 17.6 Å². The van der Waals surface area contributed by atoms with Crippen LogP contribution < -0.4 is 0 Å². The minimum Gasteiger partial charge on any atom is -0.481 e. The van der Waals surface area contributed by atoms with Crippen LogP contribution in [0, 0.1) is 5.41 Å². The summed E-state index contributed by atoms with van der Waals surface area (Å²) in [6, 6.07) is 0. The SMILES string of the molecule is CC/C(F)=C(/F)C/C=C\C/C=C\C/C(F)=C(/F)CC(O)/C=C/C1OC1CC(C)(C)C(=O)O. The summed E-state index contributed by atoms with van der Waals surface area (Å²) >= 11 is 0. The number of halogens is 4. The first-order valence-electron chi connectivity index (χ1n) is 10.6. The second-order valence-corrected chi connectivity index (χ2v) is 8.25. The number of aliphatic hydroxyl groups is 1. The van der Waals surface area contributed by atoms with Gasteiger partial charge in [-0.3, -0.25) is 4.79 Å². The molecule has 0 aromatic rings. The molecule has 0 aliphatic carbocycles. The third-order valence-electron chi connectivity index (χ3n) is 4.92. The van der Waals surface area contributed by atoms with E-state index < -0.39 is 47.2 Å². The second kappa shape index (κ2) is 13.4. The van der Waals surface area contributed by atoms with Crippen LogP contribution in [0.4, 0.5) is 17.6 Å². The minimum absolute atomic E-state index is 0.00124. The van der Waals surface area contributed by atoms with Crippen molar-refractivity contribution in [2.45, 2.75) is 77.6 Å². The summed E-state index contributed by atoms with van der Waals surface area (Å²) in [6.45, 7) is 4.69. The van der Waals surface area contributed by atoms with E-state index in [2.05, 4.69) is 0 Å². The van der Waals surface area contributed by atoms with Gasteiger partial charge in [-0.1, -0.05) is 43.4 Å². The van der Waals surface area contributed by atoms with Crippen LogP contribution in [0.1, 0.15) is 59.3 Å². The fraction of sp³-hybridized carbons (Fsp3) is 0.542. The predicted octanol–water partition coefficient (Wildman–Crippen LogP) is 6.56. The van der Waals surface area contributed by atoms with Gasteiger partial charge >= 0.3 is 5.97 Å². The molecule has 3 atom stereocenters. The molecule has 1 fully saturated rings. The molecule has 4 nitrogen and oxygen atoms in total. The Morgan fingerprint density at radius 2 is 1.56 bits per heavy atom. The van der Waals surface area contributed by atoms with Gasteiger partial charge in [-0.2, -0.15) is 0 Å². The van der Waals surface area contributed by atoms with Gasteiger partial charge in [0.05, 0.1) is 17.6 Å². The number of hydrogen-bond donors (Lipinski definition) is 2. The highest BCUT2D eigenvalue weighted by Crippen LogP contribution is 2.35. The number of carbonyl (C=O) groups is 1. The van der Waals surface area contributed by atoms with Crippen LogP contribution in [0.15, 0.2) is 59.8 Å². The van der Waals surface area contributed by atoms with Gasteiger partial charge < -0.3 is 14.9 Å². The van der Waals surface area contributed by atoms with Crippen molar-refractivity contribution >= 4 is 5.97 Å². The van der Waals surface area contributed by atoms with Gasteiger partial charge in [-0.15, -0.1) is 0 Å². The van der Waals surface area contributed by atoms with Crippen LogP contribution in [-0.4, -0.2) is 34.5 Å². The molecule has 0 spiro atoms. The molecule has 0 bridgehead atoms. The fourth-order valence-corrected chi connectivity index (χ4v) is 2.74. The number of aliphatic carboxylic acids is 1. The Labute approximate surface area is 186 Å². The van der Waals surface area contributed by atoms with E-state index in [0.29, 0.717) is 12.8 Å². The summed E-state index contributed by atoms with van der Waals surface area (Å²) in [5.41, 5.74) is -0.937. The molecule has 180 valence electrons. The molecular weight excluding hydrogens is 428 g/mol. The van der Waals surface area contributed by atoms with Gasteiger partial charge in [-0.05, 0) is 33.1 Å². The predicted molar refractivity (Wildman–Crippen MR) is 115 cm³/mol. The zero-order valence-corrected chi connectivity index (χ0v) is 18.7. The molecule has 3 unspecified atom stereocenters. The van der Waals surface area contributed by atoms with E-state index in [-0.39, 0.29) is 31.5 Å². The molecule has 0 aromatic heterocycles. The molecule has 1 aliphatic heterocycles. The molecule has 32 heavy (non-hydrogen) atoms. The lowest BCUT2D eigenvalue weighted by molar-refractivity contribution is -0.147. The third kappa shape index (κ3) is 10.4. The van der Waals surface area contributed by atoms with Crippen LogP contribution in [0.5, 0.6) is 0 Å². The van der Waals surface area contributed by atoms with Crippen molar-refractivity contribution in [1.29, 1.82) is 0 Å². The highest BCUT2D eigenvalue weighted by molar-refractivity contribution is 5.73. The van der Waals surface area contributed by atoms with Crippen molar-refractivity contribution in [2.75, 3.05) is 0 Å². The normalized spacial score (nSPS) is 21.9. The number of hydrogen-bond acceptors (Lipinski definition) is 3. The van der Waals surface area contributed by atoms with Crippen molar-refractivity contribution < 1.29 is 37.3 Å². The number of epoxide rings is 1. The largest absolute Gasteiger partial charge is 0.481 e. The standard InChI is InChI=1S/C24H32F4O4/c1-4-17(25)18(26)10-8-6-5-7-9-11-19(27)20(28)14-16(29)12-13-21-22(32-21)15-24(2,3)23(30)31/h6-9,12-13,16,21-22,29H,4-5,10-11,14-15H2,1-3H3,(H,30,31)/b8-6-,9-7-,13-12+,18-17-,20-19-. The minimum atomic E-state index is -1.24. The van der Waals surface area contributed by atoms with E-state index in [1.165, 1.54) is 31.2 Å². The molecule has 0 amide bonds. The Balaban J connectivity index is 2.36.